The second-order valence-corrected chi connectivity index (χ2v) is 11.0. The van der Waals surface area contributed by atoms with Crippen molar-refractivity contribution in [1.82, 2.24) is 0 Å². The van der Waals surface area contributed by atoms with Crippen molar-refractivity contribution >= 4 is 21.5 Å². The van der Waals surface area contributed by atoms with E-state index in [9.17, 15) is 0 Å². The first-order valence-electron chi connectivity index (χ1n) is 14.5. The highest BCUT2D eigenvalue weighted by atomic mass is 14.4. The van der Waals surface area contributed by atoms with Gasteiger partial charge in [0.05, 0.1) is 0 Å². The van der Waals surface area contributed by atoms with E-state index in [1.807, 2.05) is 0 Å². The van der Waals surface area contributed by atoms with E-state index in [2.05, 4.69) is 136 Å². The van der Waals surface area contributed by atoms with Crippen molar-refractivity contribution in [1.29, 1.82) is 0 Å². The molecule has 190 valence electrons. The van der Waals surface area contributed by atoms with Crippen molar-refractivity contribution in [2.45, 2.75) is 45.4 Å². The van der Waals surface area contributed by atoms with Crippen molar-refractivity contribution in [3.63, 3.8) is 0 Å². The summed E-state index contributed by atoms with van der Waals surface area (Å²) in [5.74, 6) is 0. The first-order chi connectivity index (χ1) is 19.2. The molecule has 0 saturated carbocycles. The molecule has 0 fully saturated rings. The second kappa shape index (κ2) is 9.24. The number of hydrogen-bond acceptors (Lipinski definition) is 0. The SMILES string of the molecule is CCc1ccc2c(-c3ccc4c(c3)C(CC)(CC)c3ccccc3-4)c3ccccc3c(-c3ccccc3)c2c1. The highest BCUT2D eigenvalue weighted by molar-refractivity contribution is 6.21. The number of hydrogen-bond donors (Lipinski definition) is 0. The molecule has 0 saturated heterocycles. The predicted molar refractivity (Wildman–Crippen MR) is 169 cm³/mol. The molecule has 0 atom stereocenters. The normalized spacial score (nSPS) is 13.5. The van der Waals surface area contributed by atoms with Crippen LogP contribution >= 0.6 is 0 Å². The van der Waals surface area contributed by atoms with Gasteiger partial charge in [-0.3, -0.25) is 0 Å². The van der Waals surface area contributed by atoms with Crippen LogP contribution in [0.2, 0.25) is 0 Å². The van der Waals surface area contributed by atoms with Gasteiger partial charge in [-0.25, -0.2) is 0 Å². The van der Waals surface area contributed by atoms with Crippen LogP contribution in [0.4, 0.5) is 0 Å². The average molecular weight is 503 g/mol. The van der Waals surface area contributed by atoms with E-state index in [1.165, 1.54) is 71.6 Å². The fourth-order valence-electron chi connectivity index (χ4n) is 7.30. The summed E-state index contributed by atoms with van der Waals surface area (Å²) in [6.07, 6.45) is 3.23. The van der Waals surface area contributed by atoms with Crippen molar-refractivity contribution < 1.29 is 0 Å². The van der Waals surface area contributed by atoms with E-state index in [4.69, 9.17) is 0 Å². The molecule has 0 radical (unpaired) electrons. The molecule has 0 amide bonds. The third kappa shape index (κ3) is 3.44. The Morgan fingerprint density at radius 3 is 1.79 bits per heavy atom. The Balaban J connectivity index is 1.59. The van der Waals surface area contributed by atoms with Gasteiger partial charge >= 0.3 is 0 Å². The van der Waals surface area contributed by atoms with Gasteiger partial charge < -0.3 is 0 Å². The smallest absolute Gasteiger partial charge is 0.0210 e. The van der Waals surface area contributed by atoms with Gasteiger partial charge in [0, 0.05) is 5.41 Å². The molecule has 1 aliphatic carbocycles. The Morgan fingerprint density at radius 1 is 0.462 bits per heavy atom. The molecule has 0 bridgehead atoms. The minimum atomic E-state index is 0.0624. The van der Waals surface area contributed by atoms with E-state index in [0.717, 1.165) is 19.3 Å². The molecule has 0 aliphatic heterocycles. The first kappa shape index (κ1) is 23.9. The van der Waals surface area contributed by atoms with Crippen molar-refractivity contribution in [3.8, 4) is 33.4 Å². The maximum absolute atomic E-state index is 2.53. The van der Waals surface area contributed by atoms with E-state index in [1.54, 1.807) is 0 Å². The van der Waals surface area contributed by atoms with E-state index in [0.29, 0.717) is 0 Å². The molecule has 6 aromatic carbocycles. The first-order valence-corrected chi connectivity index (χ1v) is 14.5. The summed E-state index contributed by atoms with van der Waals surface area (Å²) in [7, 11) is 0. The Morgan fingerprint density at radius 2 is 1.08 bits per heavy atom. The molecule has 0 N–H and O–H groups in total. The molecule has 0 heteroatoms. The molecule has 1 aliphatic rings. The summed E-state index contributed by atoms with van der Waals surface area (Å²) >= 11 is 0. The Labute approximate surface area is 232 Å². The maximum Gasteiger partial charge on any atom is 0.0210 e. The van der Waals surface area contributed by atoms with Gasteiger partial charge in [0.2, 0.25) is 0 Å². The van der Waals surface area contributed by atoms with Gasteiger partial charge in [-0.15, -0.1) is 0 Å². The summed E-state index contributed by atoms with van der Waals surface area (Å²) in [6.45, 7) is 6.96. The average Bonchev–Trinajstić information content (AvgIpc) is 3.29. The monoisotopic (exact) mass is 502 g/mol. The van der Waals surface area contributed by atoms with E-state index >= 15 is 0 Å². The van der Waals surface area contributed by atoms with Crippen molar-refractivity contribution in [2.24, 2.45) is 0 Å². The highest BCUT2D eigenvalue weighted by Gasteiger charge is 2.40. The summed E-state index contributed by atoms with van der Waals surface area (Å²) in [4.78, 5) is 0. The van der Waals surface area contributed by atoms with Crippen LogP contribution in [0, 0.1) is 0 Å². The summed E-state index contributed by atoms with van der Waals surface area (Å²) in [6, 6.07) is 43.4. The van der Waals surface area contributed by atoms with Crippen LogP contribution in [0.5, 0.6) is 0 Å². The second-order valence-electron chi connectivity index (χ2n) is 11.0. The van der Waals surface area contributed by atoms with Crippen molar-refractivity contribution in [2.75, 3.05) is 0 Å². The van der Waals surface area contributed by atoms with Gasteiger partial charge in [-0.05, 0) is 96.9 Å². The summed E-state index contributed by atoms with van der Waals surface area (Å²) in [5, 5.41) is 5.32. The molecule has 0 heterocycles. The summed E-state index contributed by atoms with van der Waals surface area (Å²) < 4.78 is 0. The number of rotatable bonds is 5. The third-order valence-electron chi connectivity index (χ3n) is 9.32. The minimum Gasteiger partial charge on any atom is -0.0642 e. The van der Waals surface area contributed by atoms with Crippen LogP contribution in [0.3, 0.4) is 0 Å². The number of benzene rings is 6. The zero-order chi connectivity index (χ0) is 26.6. The topological polar surface area (TPSA) is 0 Å². The molecule has 6 aromatic rings. The largest absolute Gasteiger partial charge is 0.0642 e. The minimum absolute atomic E-state index is 0.0624. The molecule has 7 rings (SSSR count). The van der Waals surface area contributed by atoms with Gasteiger partial charge in [0.1, 0.15) is 0 Å². The molecular formula is C39H34. The predicted octanol–water partition coefficient (Wildman–Crippen LogP) is 11.0. The van der Waals surface area contributed by atoms with Gasteiger partial charge in [-0.1, -0.05) is 130 Å². The molecular weight excluding hydrogens is 468 g/mol. The van der Waals surface area contributed by atoms with Crippen molar-refractivity contribution in [3.05, 3.63) is 132 Å². The molecule has 0 aromatic heterocycles. The van der Waals surface area contributed by atoms with E-state index < -0.39 is 0 Å². The Kier molecular flexibility index (Phi) is 5.67. The van der Waals surface area contributed by atoms with E-state index in [-0.39, 0.29) is 5.41 Å². The molecule has 0 nitrogen and oxygen atoms in total. The lowest BCUT2D eigenvalue weighted by atomic mass is 9.73. The molecule has 39 heavy (non-hydrogen) atoms. The number of fused-ring (bicyclic) bond motifs is 5. The zero-order valence-corrected chi connectivity index (χ0v) is 23.1. The van der Waals surface area contributed by atoms with Crippen LogP contribution in [-0.2, 0) is 11.8 Å². The lowest BCUT2D eigenvalue weighted by molar-refractivity contribution is 0.490. The molecule has 0 unspecified atom stereocenters. The van der Waals surface area contributed by atoms with Gasteiger partial charge in [0.15, 0.2) is 0 Å². The maximum atomic E-state index is 2.53. The lowest BCUT2D eigenvalue weighted by Crippen LogP contribution is -2.23. The zero-order valence-electron chi connectivity index (χ0n) is 23.1. The fraction of sp³-hybridized carbons (Fsp3) is 0.179. The van der Waals surface area contributed by atoms with Crippen LogP contribution in [0.1, 0.15) is 50.3 Å². The fourth-order valence-corrected chi connectivity index (χ4v) is 7.30. The summed E-state index contributed by atoms with van der Waals surface area (Å²) in [5.41, 5.74) is 12.5. The Bertz CT molecular complexity index is 1850. The van der Waals surface area contributed by atoms with Crippen LogP contribution in [0.15, 0.2) is 115 Å². The van der Waals surface area contributed by atoms with Crippen LogP contribution in [-0.4, -0.2) is 0 Å². The standard InChI is InChI=1S/C39H34/c1-4-26-20-22-33-34(24-26)37(27-14-8-7-9-15-27)31-17-10-11-18-32(31)38(33)28-21-23-30-29-16-12-13-19-35(29)39(5-2,6-3)36(30)25-28/h7-25H,4-6H2,1-3H3. The quantitative estimate of drug-likeness (QED) is 0.206. The van der Waals surface area contributed by atoms with Crippen LogP contribution < -0.4 is 0 Å². The van der Waals surface area contributed by atoms with Gasteiger partial charge in [0.25, 0.3) is 0 Å². The highest BCUT2D eigenvalue weighted by Crippen LogP contribution is 2.54. The lowest BCUT2D eigenvalue weighted by Gasteiger charge is -2.30. The van der Waals surface area contributed by atoms with Crippen LogP contribution in [0.25, 0.3) is 54.9 Å². The van der Waals surface area contributed by atoms with Gasteiger partial charge in [-0.2, -0.15) is 0 Å². The Hall–Kier alpha value is -4.16. The molecule has 0 spiro atoms. The number of aryl methyl sites for hydroxylation is 1. The third-order valence-corrected chi connectivity index (χ3v) is 9.32.